The summed E-state index contributed by atoms with van der Waals surface area (Å²) >= 11 is 0. The number of hydrogen-bond acceptors (Lipinski definition) is 8. The van der Waals surface area contributed by atoms with Gasteiger partial charge in [-0.15, -0.1) is 0 Å². The third kappa shape index (κ3) is 6.27. The maximum atomic E-state index is 15.1. The van der Waals surface area contributed by atoms with Gasteiger partial charge in [0, 0.05) is 53.4 Å². The van der Waals surface area contributed by atoms with Gasteiger partial charge < -0.3 is 30.0 Å². The fourth-order valence-electron chi connectivity index (χ4n) is 4.03. The molecule has 1 aliphatic rings. The van der Waals surface area contributed by atoms with Gasteiger partial charge in [0.15, 0.2) is 17.4 Å². The first-order valence-electron chi connectivity index (χ1n) is 12.9. The van der Waals surface area contributed by atoms with E-state index in [0.29, 0.717) is 34.6 Å². The molecule has 2 aromatic carbocycles. The van der Waals surface area contributed by atoms with Gasteiger partial charge in [0.1, 0.15) is 17.2 Å². The molecule has 4 aromatic rings. The van der Waals surface area contributed by atoms with Crippen molar-refractivity contribution >= 4 is 22.5 Å². The molecule has 11 heteroatoms. The van der Waals surface area contributed by atoms with E-state index in [1.165, 1.54) is 24.7 Å². The molecule has 0 unspecified atom stereocenters. The minimum absolute atomic E-state index is 0.0560. The average Bonchev–Trinajstić information content (AvgIpc) is 3.77. The van der Waals surface area contributed by atoms with E-state index >= 15 is 8.78 Å². The van der Waals surface area contributed by atoms with E-state index in [2.05, 4.69) is 20.6 Å². The maximum Gasteiger partial charge on any atom is 0.261 e. The zero-order valence-corrected chi connectivity index (χ0v) is 21.7. The number of nitrogens with zero attached hydrogens (tertiary/aromatic N) is 2. The Hall–Kier alpha value is -4.35. The van der Waals surface area contributed by atoms with Crippen LogP contribution in [0.5, 0.6) is 23.0 Å². The number of hydrogen-bond donors (Lipinski definition) is 3. The van der Waals surface area contributed by atoms with E-state index in [9.17, 15) is 9.90 Å². The Kier molecular flexibility index (Phi) is 8.32. The van der Waals surface area contributed by atoms with Crippen LogP contribution in [-0.4, -0.2) is 47.3 Å². The lowest BCUT2D eigenvalue weighted by Gasteiger charge is -2.15. The van der Waals surface area contributed by atoms with Crippen molar-refractivity contribution in [1.29, 1.82) is 0 Å². The third-order valence-electron chi connectivity index (χ3n) is 6.19. The zero-order chi connectivity index (χ0) is 28.1. The Morgan fingerprint density at radius 2 is 1.85 bits per heavy atom. The highest BCUT2D eigenvalue weighted by molar-refractivity contribution is 6.06. The largest absolute Gasteiger partial charge is 0.493 e. The Morgan fingerprint density at radius 1 is 1.07 bits per heavy atom. The molecule has 5 rings (SSSR count). The van der Waals surface area contributed by atoms with Crippen LogP contribution < -0.4 is 24.8 Å². The highest BCUT2D eigenvalue weighted by Crippen LogP contribution is 2.36. The van der Waals surface area contributed by atoms with Crippen molar-refractivity contribution < 1.29 is 32.9 Å². The molecule has 0 atom stereocenters. The molecule has 0 saturated heterocycles. The minimum atomic E-state index is -1.02. The van der Waals surface area contributed by atoms with Crippen molar-refractivity contribution in [1.82, 2.24) is 15.3 Å². The zero-order valence-electron chi connectivity index (χ0n) is 21.7. The number of aliphatic hydroxyl groups is 1. The quantitative estimate of drug-likeness (QED) is 0.212. The predicted molar refractivity (Wildman–Crippen MR) is 144 cm³/mol. The van der Waals surface area contributed by atoms with Crippen molar-refractivity contribution in [2.45, 2.75) is 32.0 Å². The van der Waals surface area contributed by atoms with E-state index in [4.69, 9.17) is 14.2 Å². The van der Waals surface area contributed by atoms with Crippen LogP contribution >= 0.6 is 0 Å². The number of pyridine rings is 2. The lowest BCUT2D eigenvalue weighted by Crippen LogP contribution is -2.15. The summed E-state index contributed by atoms with van der Waals surface area (Å²) in [6, 6.07) is 8.24. The molecule has 0 aliphatic heterocycles. The molecule has 9 nitrogen and oxygen atoms in total. The highest BCUT2D eigenvalue weighted by Gasteiger charge is 2.26. The number of nitrogens with one attached hydrogen (secondary N) is 2. The van der Waals surface area contributed by atoms with Crippen molar-refractivity contribution in [3.63, 3.8) is 0 Å². The smallest absolute Gasteiger partial charge is 0.261 e. The van der Waals surface area contributed by atoms with Crippen LogP contribution in [0.3, 0.4) is 0 Å². The number of halogens is 2. The van der Waals surface area contributed by atoms with Gasteiger partial charge in [0.2, 0.25) is 0 Å². The average molecular weight is 551 g/mol. The summed E-state index contributed by atoms with van der Waals surface area (Å²) in [4.78, 5) is 21.1. The Balaban J connectivity index is 1.36. The standard InChI is InChI=1S/C29H28F2N4O5/c1-32-7-2-10-38-27-14-24-20(11-17(27)16-36)25(6-9-34-24)40-28-22(30)12-18(13-23(28)31)35-29(37)21-15-33-8-5-26(21)39-19-3-4-19/h5-6,8-9,11-15,19,32,36H,2-4,7,10,16H2,1H3,(H,35,37). The number of fused-ring (bicyclic) bond motifs is 1. The Bertz CT molecular complexity index is 1510. The summed E-state index contributed by atoms with van der Waals surface area (Å²) in [5, 5.41) is 15.8. The van der Waals surface area contributed by atoms with Gasteiger partial charge in [-0.05, 0) is 51.1 Å². The molecular formula is C29H28F2N4O5. The Morgan fingerprint density at radius 3 is 2.58 bits per heavy atom. The molecular weight excluding hydrogens is 522 g/mol. The molecule has 208 valence electrons. The summed E-state index contributed by atoms with van der Waals surface area (Å²) in [6.07, 6.45) is 6.92. The molecule has 0 radical (unpaired) electrons. The molecule has 1 fully saturated rings. The summed E-state index contributed by atoms with van der Waals surface area (Å²) < 4.78 is 47.4. The predicted octanol–water partition coefficient (Wildman–Crippen LogP) is 4.97. The molecule has 0 bridgehead atoms. The van der Waals surface area contributed by atoms with Crippen molar-refractivity contribution in [2.75, 3.05) is 25.5 Å². The Labute approximate surface area is 229 Å². The van der Waals surface area contributed by atoms with Crippen LogP contribution in [0.4, 0.5) is 14.5 Å². The number of benzene rings is 2. The molecule has 3 N–H and O–H groups in total. The monoisotopic (exact) mass is 550 g/mol. The lowest BCUT2D eigenvalue weighted by atomic mass is 10.1. The molecule has 1 amide bonds. The molecule has 2 heterocycles. The van der Waals surface area contributed by atoms with Crippen LogP contribution in [0.25, 0.3) is 10.9 Å². The lowest BCUT2D eigenvalue weighted by molar-refractivity contribution is 0.102. The number of amides is 1. The maximum absolute atomic E-state index is 15.1. The van der Waals surface area contributed by atoms with Crippen LogP contribution in [0.2, 0.25) is 0 Å². The topological polar surface area (TPSA) is 115 Å². The first-order valence-corrected chi connectivity index (χ1v) is 12.9. The number of carbonyl (C=O) groups excluding carboxylic acids is 1. The van der Waals surface area contributed by atoms with Gasteiger partial charge in [0.25, 0.3) is 5.91 Å². The normalized spacial score (nSPS) is 12.8. The molecule has 1 saturated carbocycles. The molecule has 1 aliphatic carbocycles. The van der Waals surface area contributed by atoms with E-state index in [1.807, 2.05) is 7.05 Å². The molecule has 0 spiro atoms. The second kappa shape index (κ2) is 12.2. The van der Waals surface area contributed by atoms with E-state index in [0.717, 1.165) is 37.9 Å². The van der Waals surface area contributed by atoms with Crippen molar-refractivity contribution in [3.8, 4) is 23.0 Å². The fraction of sp³-hybridized carbons (Fsp3) is 0.276. The van der Waals surface area contributed by atoms with Gasteiger partial charge in [0.05, 0.1) is 30.4 Å². The van der Waals surface area contributed by atoms with Crippen molar-refractivity contribution in [3.05, 3.63) is 77.8 Å². The second-order valence-electron chi connectivity index (χ2n) is 9.26. The molecule has 40 heavy (non-hydrogen) atoms. The first kappa shape index (κ1) is 27.2. The number of aliphatic hydroxyl groups excluding tert-OH is 1. The van der Waals surface area contributed by atoms with Crippen molar-refractivity contribution in [2.24, 2.45) is 0 Å². The van der Waals surface area contributed by atoms with E-state index in [-0.39, 0.29) is 29.7 Å². The van der Waals surface area contributed by atoms with Gasteiger partial charge in [-0.1, -0.05) is 0 Å². The summed E-state index contributed by atoms with van der Waals surface area (Å²) in [7, 11) is 1.85. The highest BCUT2D eigenvalue weighted by atomic mass is 19.1. The number of ether oxygens (including phenoxy) is 3. The number of carbonyl (C=O) groups is 1. The first-order chi connectivity index (χ1) is 19.5. The fourth-order valence-corrected chi connectivity index (χ4v) is 4.03. The minimum Gasteiger partial charge on any atom is -0.493 e. The van der Waals surface area contributed by atoms with Gasteiger partial charge in [-0.3, -0.25) is 14.8 Å². The summed E-state index contributed by atoms with van der Waals surface area (Å²) in [5.41, 5.74) is 0.998. The van der Waals surface area contributed by atoms with E-state index < -0.39 is 23.3 Å². The van der Waals surface area contributed by atoms with Crippen LogP contribution in [0, 0.1) is 11.6 Å². The van der Waals surface area contributed by atoms with E-state index in [1.54, 1.807) is 18.2 Å². The summed E-state index contributed by atoms with van der Waals surface area (Å²) in [5.74, 6) is -2.35. The number of aromatic nitrogens is 2. The second-order valence-corrected chi connectivity index (χ2v) is 9.26. The van der Waals surface area contributed by atoms with Crippen LogP contribution in [0.15, 0.2) is 55.0 Å². The van der Waals surface area contributed by atoms with Gasteiger partial charge >= 0.3 is 0 Å². The SMILES string of the molecule is CNCCCOc1cc2nccc(Oc3c(F)cc(NC(=O)c4cnccc4OC4CC4)cc3F)c2cc1CO. The summed E-state index contributed by atoms with van der Waals surface area (Å²) in [6.45, 7) is 0.898. The van der Waals surface area contributed by atoms with Crippen LogP contribution in [0.1, 0.15) is 35.2 Å². The van der Waals surface area contributed by atoms with Gasteiger partial charge in [-0.2, -0.15) is 0 Å². The van der Waals surface area contributed by atoms with Crippen LogP contribution in [-0.2, 0) is 6.61 Å². The number of anilines is 1. The van der Waals surface area contributed by atoms with Gasteiger partial charge in [-0.25, -0.2) is 8.78 Å². The third-order valence-corrected chi connectivity index (χ3v) is 6.19. The molecule has 2 aromatic heterocycles. The number of rotatable bonds is 12.